The van der Waals surface area contributed by atoms with E-state index in [1.165, 1.54) is 5.70 Å². The molecule has 3 heteroatoms. The van der Waals surface area contributed by atoms with E-state index >= 15 is 0 Å². The molecule has 1 atom stereocenters. The first-order valence-corrected chi connectivity index (χ1v) is 5.14. The smallest absolute Gasteiger partial charge is 0.100 e. The summed E-state index contributed by atoms with van der Waals surface area (Å²) in [5, 5.41) is 0. The van der Waals surface area contributed by atoms with Crippen molar-refractivity contribution in [3.05, 3.63) is 23.9 Å². The molecule has 0 amide bonds. The topological polar surface area (TPSA) is 21.7 Å². The maximum Gasteiger partial charge on any atom is 0.100 e. The highest BCUT2D eigenvalue weighted by atomic mass is 16.5. The normalized spacial score (nSPS) is 27.6. The van der Waals surface area contributed by atoms with Crippen LogP contribution in [0.1, 0.15) is 6.42 Å². The van der Waals surface area contributed by atoms with E-state index in [1.807, 2.05) is 0 Å². The van der Waals surface area contributed by atoms with Gasteiger partial charge >= 0.3 is 0 Å². The van der Waals surface area contributed by atoms with Gasteiger partial charge in [0.1, 0.15) is 6.10 Å². The average Bonchev–Trinajstić information content (AvgIpc) is 2.30. The van der Waals surface area contributed by atoms with Crippen LogP contribution < -0.4 is 0 Å². The van der Waals surface area contributed by atoms with Crippen LogP contribution >= 0.6 is 0 Å². The highest BCUT2D eigenvalue weighted by molar-refractivity contribution is 5.21. The fraction of sp³-hybridized carbons (Fsp3) is 0.636. The van der Waals surface area contributed by atoms with Crippen molar-refractivity contribution >= 4 is 0 Å². The van der Waals surface area contributed by atoms with Crippen molar-refractivity contribution in [3.63, 3.8) is 0 Å². The minimum atomic E-state index is 0.234. The number of morpholine rings is 1. The average molecular weight is 195 g/mol. The lowest BCUT2D eigenvalue weighted by atomic mass is 10.1. The van der Waals surface area contributed by atoms with E-state index in [1.54, 1.807) is 7.11 Å². The zero-order valence-corrected chi connectivity index (χ0v) is 8.61. The van der Waals surface area contributed by atoms with Gasteiger partial charge in [-0.05, 0) is 12.5 Å². The van der Waals surface area contributed by atoms with Gasteiger partial charge in [-0.25, -0.2) is 0 Å². The second kappa shape index (κ2) is 4.62. The summed E-state index contributed by atoms with van der Waals surface area (Å²) in [6.07, 6.45) is 7.64. The molecule has 78 valence electrons. The molecule has 2 rings (SSSR count). The van der Waals surface area contributed by atoms with Crippen LogP contribution in [0.5, 0.6) is 0 Å². The van der Waals surface area contributed by atoms with Gasteiger partial charge in [-0.2, -0.15) is 0 Å². The molecule has 0 saturated carbocycles. The molecule has 0 radical (unpaired) electrons. The van der Waals surface area contributed by atoms with Gasteiger partial charge in [0.25, 0.3) is 0 Å². The Balaban J connectivity index is 2.05. The summed E-state index contributed by atoms with van der Waals surface area (Å²) in [5.41, 5.74) is 1.30. The van der Waals surface area contributed by atoms with Crippen LogP contribution in [0, 0.1) is 0 Å². The summed E-state index contributed by atoms with van der Waals surface area (Å²) in [6, 6.07) is 0. The Morgan fingerprint density at radius 3 is 2.93 bits per heavy atom. The fourth-order valence-electron chi connectivity index (χ4n) is 1.94. The zero-order valence-electron chi connectivity index (χ0n) is 8.61. The molecule has 1 fully saturated rings. The van der Waals surface area contributed by atoms with Gasteiger partial charge in [0.15, 0.2) is 0 Å². The van der Waals surface area contributed by atoms with E-state index in [0.29, 0.717) is 0 Å². The quantitative estimate of drug-likeness (QED) is 0.660. The predicted molar refractivity (Wildman–Crippen MR) is 55.0 cm³/mol. The molecule has 0 spiro atoms. The van der Waals surface area contributed by atoms with E-state index in [0.717, 1.165) is 32.7 Å². The SMILES string of the molecule is COC1CC=CC=C1N1CCOCC1. The molecule has 1 aliphatic carbocycles. The van der Waals surface area contributed by atoms with E-state index in [9.17, 15) is 0 Å². The summed E-state index contributed by atoms with van der Waals surface area (Å²) >= 11 is 0. The van der Waals surface area contributed by atoms with Crippen molar-refractivity contribution in [1.29, 1.82) is 0 Å². The van der Waals surface area contributed by atoms with Crippen LogP contribution in [0.2, 0.25) is 0 Å². The first-order valence-electron chi connectivity index (χ1n) is 5.14. The van der Waals surface area contributed by atoms with E-state index in [-0.39, 0.29) is 6.10 Å². The van der Waals surface area contributed by atoms with Crippen molar-refractivity contribution in [1.82, 2.24) is 4.90 Å². The van der Waals surface area contributed by atoms with Gasteiger partial charge < -0.3 is 14.4 Å². The Morgan fingerprint density at radius 2 is 2.21 bits per heavy atom. The number of nitrogens with zero attached hydrogens (tertiary/aromatic N) is 1. The highest BCUT2D eigenvalue weighted by Gasteiger charge is 2.21. The van der Waals surface area contributed by atoms with Crippen molar-refractivity contribution in [3.8, 4) is 0 Å². The molecule has 14 heavy (non-hydrogen) atoms. The van der Waals surface area contributed by atoms with E-state index in [2.05, 4.69) is 23.1 Å². The van der Waals surface area contributed by atoms with Crippen molar-refractivity contribution in [2.45, 2.75) is 12.5 Å². The lowest BCUT2D eigenvalue weighted by Gasteiger charge is -2.35. The van der Waals surface area contributed by atoms with Crippen LogP contribution in [0.15, 0.2) is 23.9 Å². The predicted octanol–water partition coefficient (Wildman–Crippen LogP) is 1.18. The molecule has 3 nitrogen and oxygen atoms in total. The monoisotopic (exact) mass is 195 g/mol. The van der Waals surface area contributed by atoms with Crippen molar-refractivity contribution in [2.75, 3.05) is 33.4 Å². The maximum absolute atomic E-state index is 5.45. The number of allylic oxidation sites excluding steroid dienone is 2. The second-order valence-electron chi connectivity index (χ2n) is 3.58. The van der Waals surface area contributed by atoms with Gasteiger partial charge in [-0.15, -0.1) is 0 Å². The third kappa shape index (κ3) is 1.99. The highest BCUT2D eigenvalue weighted by Crippen LogP contribution is 2.20. The molecule has 1 heterocycles. The maximum atomic E-state index is 5.45. The Morgan fingerprint density at radius 1 is 1.43 bits per heavy atom. The Bertz CT molecular complexity index is 242. The summed E-state index contributed by atoms with van der Waals surface area (Å²) in [5.74, 6) is 0. The Labute approximate surface area is 85.0 Å². The lowest BCUT2D eigenvalue weighted by molar-refractivity contribution is 0.0307. The van der Waals surface area contributed by atoms with Crippen LogP contribution in [0.25, 0.3) is 0 Å². The number of hydrogen-bond acceptors (Lipinski definition) is 3. The number of methoxy groups -OCH3 is 1. The summed E-state index contributed by atoms with van der Waals surface area (Å²) in [7, 11) is 1.78. The van der Waals surface area contributed by atoms with Gasteiger partial charge in [-0.1, -0.05) is 12.2 Å². The molecular formula is C11H17NO2. The van der Waals surface area contributed by atoms with E-state index < -0.39 is 0 Å². The molecule has 1 aliphatic heterocycles. The Hall–Kier alpha value is -0.800. The fourth-order valence-corrected chi connectivity index (χ4v) is 1.94. The first kappa shape index (κ1) is 9.74. The van der Waals surface area contributed by atoms with Crippen molar-refractivity contribution in [2.24, 2.45) is 0 Å². The Kier molecular flexibility index (Phi) is 3.22. The third-order valence-corrected chi connectivity index (χ3v) is 2.74. The molecule has 1 saturated heterocycles. The molecule has 1 unspecified atom stereocenters. The largest absolute Gasteiger partial charge is 0.378 e. The van der Waals surface area contributed by atoms with Gasteiger partial charge in [0.05, 0.1) is 13.2 Å². The molecule has 0 bridgehead atoms. The first-order chi connectivity index (χ1) is 6.92. The van der Waals surface area contributed by atoms with Crippen LogP contribution in [-0.2, 0) is 9.47 Å². The molecule has 2 aliphatic rings. The molecular weight excluding hydrogens is 178 g/mol. The number of hydrogen-bond donors (Lipinski definition) is 0. The van der Waals surface area contributed by atoms with E-state index in [4.69, 9.17) is 9.47 Å². The lowest BCUT2D eigenvalue weighted by Crippen LogP contribution is -2.40. The van der Waals surface area contributed by atoms with Crippen LogP contribution in [0.3, 0.4) is 0 Å². The summed E-state index contributed by atoms with van der Waals surface area (Å²) in [4.78, 5) is 2.36. The zero-order chi connectivity index (χ0) is 9.80. The van der Waals surface area contributed by atoms with Crippen LogP contribution in [-0.4, -0.2) is 44.4 Å². The second-order valence-corrected chi connectivity index (χ2v) is 3.58. The van der Waals surface area contributed by atoms with Crippen molar-refractivity contribution < 1.29 is 9.47 Å². The number of rotatable bonds is 2. The number of ether oxygens (including phenoxy) is 2. The van der Waals surface area contributed by atoms with Gasteiger partial charge in [0, 0.05) is 25.9 Å². The molecule has 0 N–H and O–H groups in total. The standard InChI is InChI=1S/C11H17NO2/c1-13-11-5-3-2-4-10(11)12-6-8-14-9-7-12/h2-4,11H,5-9H2,1H3. The minimum absolute atomic E-state index is 0.234. The summed E-state index contributed by atoms with van der Waals surface area (Å²) in [6.45, 7) is 3.63. The van der Waals surface area contributed by atoms with Gasteiger partial charge in [0.2, 0.25) is 0 Å². The van der Waals surface area contributed by atoms with Gasteiger partial charge in [-0.3, -0.25) is 0 Å². The molecule has 0 aromatic carbocycles. The molecule has 0 aromatic heterocycles. The summed E-state index contributed by atoms with van der Waals surface area (Å²) < 4.78 is 10.8. The third-order valence-electron chi connectivity index (χ3n) is 2.74. The van der Waals surface area contributed by atoms with Crippen LogP contribution in [0.4, 0.5) is 0 Å². The molecule has 0 aromatic rings. The minimum Gasteiger partial charge on any atom is -0.378 e.